The molecule has 2 aromatic carbocycles. The number of carbonyl (C=O) groups is 2. The number of aliphatic hydroxyl groups is 1. The summed E-state index contributed by atoms with van der Waals surface area (Å²) < 4.78 is 32.8. The van der Waals surface area contributed by atoms with Crippen molar-refractivity contribution in [2.24, 2.45) is 0 Å². The lowest BCUT2D eigenvalue weighted by Crippen LogP contribution is -2.40. The van der Waals surface area contributed by atoms with E-state index in [0.717, 1.165) is 24.2 Å². The van der Waals surface area contributed by atoms with Gasteiger partial charge in [-0.25, -0.2) is 8.42 Å². The van der Waals surface area contributed by atoms with E-state index in [1.807, 2.05) is 38.1 Å². The molecule has 1 unspecified atom stereocenters. The Hall–Kier alpha value is -3.05. The van der Waals surface area contributed by atoms with Crippen LogP contribution in [0.3, 0.4) is 0 Å². The zero-order valence-corrected chi connectivity index (χ0v) is 25.4. The van der Waals surface area contributed by atoms with Gasteiger partial charge >= 0.3 is 0 Å². The molecule has 2 fully saturated rings. The highest BCUT2D eigenvalue weighted by molar-refractivity contribution is 7.89. The minimum atomic E-state index is -3.72. The van der Waals surface area contributed by atoms with E-state index in [2.05, 4.69) is 25.7 Å². The third-order valence-electron chi connectivity index (χ3n) is 7.92. The summed E-state index contributed by atoms with van der Waals surface area (Å²) in [6, 6.07) is 12.8. The molecule has 2 aromatic rings. The molecule has 222 valence electrons. The number of aliphatic hydroxyl groups excluding tert-OH is 1. The SMILES string of the molecule is CCN(CC)CCN1C(=O)C(=O)C(=C(O)c2ccc(S(=O)(=O)N3CCOCC3)cc2)C1c1ccc(C(C)(C)C)cc1. The number of hydrogen-bond acceptors (Lipinski definition) is 7. The Balaban J connectivity index is 1.74. The third-order valence-corrected chi connectivity index (χ3v) is 9.83. The van der Waals surface area contributed by atoms with Crippen molar-refractivity contribution in [1.82, 2.24) is 14.1 Å². The smallest absolute Gasteiger partial charge is 0.295 e. The summed E-state index contributed by atoms with van der Waals surface area (Å²) in [5, 5.41) is 11.4. The molecule has 2 saturated heterocycles. The summed E-state index contributed by atoms with van der Waals surface area (Å²) in [7, 11) is -3.72. The number of rotatable bonds is 9. The molecular weight excluding hydrogens is 542 g/mol. The number of nitrogens with zero attached hydrogens (tertiary/aromatic N) is 3. The van der Waals surface area contributed by atoms with E-state index in [-0.39, 0.29) is 40.3 Å². The molecular formula is C31H41N3O6S. The lowest BCUT2D eigenvalue weighted by atomic mass is 9.85. The number of carbonyl (C=O) groups excluding carboxylic acids is 2. The zero-order chi connectivity index (χ0) is 29.9. The molecule has 0 spiro atoms. The highest BCUT2D eigenvalue weighted by atomic mass is 32.2. The van der Waals surface area contributed by atoms with E-state index >= 15 is 0 Å². The lowest BCUT2D eigenvalue weighted by molar-refractivity contribution is -0.140. The van der Waals surface area contributed by atoms with Crippen LogP contribution in [0.4, 0.5) is 0 Å². The Morgan fingerprint density at radius 1 is 0.976 bits per heavy atom. The van der Waals surface area contributed by atoms with Gasteiger partial charge in [0.2, 0.25) is 10.0 Å². The number of hydrogen-bond donors (Lipinski definition) is 1. The number of amides is 1. The maximum absolute atomic E-state index is 13.4. The summed E-state index contributed by atoms with van der Waals surface area (Å²) in [4.78, 5) is 30.5. The highest BCUT2D eigenvalue weighted by Crippen LogP contribution is 2.40. The van der Waals surface area contributed by atoms with Gasteiger partial charge in [0.1, 0.15) is 5.76 Å². The molecule has 2 heterocycles. The van der Waals surface area contributed by atoms with Crippen molar-refractivity contribution < 1.29 is 27.9 Å². The van der Waals surface area contributed by atoms with Crippen LogP contribution >= 0.6 is 0 Å². The van der Waals surface area contributed by atoms with Crippen LogP contribution in [0.15, 0.2) is 59.0 Å². The Morgan fingerprint density at radius 2 is 1.56 bits per heavy atom. The molecule has 0 aromatic heterocycles. The first-order chi connectivity index (χ1) is 19.4. The number of likely N-dealkylation sites (tertiary alicyclic amines) is 1. The van der Waals surface area contributed by atoms with Crippen LogP contribution < -0.4 is 0 Å². The maximum atomic E-state index is 13.4. The van der Waals surface area contributed by atoms with E-state index in [0.29, 0.717) is 26.3 Å². The average Bonchev–Trinajstić information content (AvgIpc) is 3.22. The zero-order valence-electron chi connectivity index (χ0n) is 24.6. The van der Waals surface area contributed by atoms with Gasteiger partial charge in [0, 0.05) is 31.7 Å². The van der Waals surface area contributed by atoms with Crippen molar-refractivity contribution in [3.63, 3.8) is 0 Å². The van der Waals surface area contributed by atoms with Gasteiger partial charge in [0.05, 0.1) is 29.7 Å². The highest BCUT2D eigenvalue weighted by Gasteiger charge is 2.46. The average molecular weight is 584 g/mol. The van der Waals surface area contributed by atoms with Crippen LogP contribution in [0, 0.1) is 0 Å². The Bertz CT molecular complexity index is 1380. The molecule has 0 saturated carbocycles. The number of benzene rings is 2. The van der Waals surface area contributed by atoms with Gasteiger partial charge in [-0.2, -0.15) is 4.31 Å². The summed E-state index contributed by atoms with van der Waals surface area (Å²) in [6.07, 6.45) is 0. The van der Waals surface area contributed by atoms with Crippen molar-refractivity contribution in [2.45, 2.75) is 51.0 Å². The fraction of sp³-hybridized carbons (Fsp3) is 0.484. The van der Waals surface area contributed by atoms with Crippen LogP contribution in [0.1, 0.15) is 57.4 Å². The maximum Gasteiger partial charge on any atom is 0.295 e. The molecule has 10 heteroatoms. The van der Waals surface area contributed by atoms with Crippen LogP contribution in [-0.4, -0.2) is 91.8 Å². The molecule has 4 rings (SSSR count). The van der Waals surface area contributed by atoms with Crippen molar-refractivity contribution in [3.05, 3.63) is 70.8 Å². The molecule has 1 amide bonds. The predicted molar refractivity (Wildman–Crippen MR) is 158 cm³/mol. The number of ether oxygens (including phenoxy) is 1. The molecule has 9 nitrogen and oxygen atoms in total. The second-order valence-electron chi connectivity index (χ2n) is 11.4. The van der Waals surface area contributed by atoms with Gasteiger partial charge in [-0.1, -0.05) is 58.9 Å². The van der Waals surface area contributed by atoms with Crippen molar-refractivity contribution in [2.75, 3.05) is 52.5 Å². The van der Waals surface area contributed by atoms with E-state index in [9.17, 15) is 23.1 Å². The second-order valence-corrected chi connectivity index (χ2v) is 13.4. The van der Waals surface area contributed by atoms with Gasteiger partial charge in [-0.3, -0.25) is 9.59 Å². The van der Waals surface area contributed by atoms with Gasteiger partial charge in [-0.15, -0.1) is 0 Å². The minimum Gasteiger partial charge on any atom is -0.507 e. The first-order valence-corrected chi connectivity index (χ1v) is 15.6. The van der Waals surface area contributed by atoms with Gasteiger partial charge < -0.3 is 19.6 Å². The Morgan fingerprint density at radius 3 is 2.10 bits per heavy atom. The monoisotopic (exact) mass is 583 g/mol. The molecule has 0 bridgehead atoms. The number of ketones is 1. The summed E-state index contributed by atoms with van der Waals surface area (Å²) in [6.45, 7) is 14.2. The van der Waals surface area contributed by atoms with E-state index < -0.39 is 27.8 Å². The number of likely N-dealkylation sites (N-methyl/N-ethyl adjacent to an activating group) is 1. The van der Waals surface area contributed by atoms with Crippen molar-refractivity contribution in [3.8, 4) is 0 Å². The van der Waals surface area contributed by atoms with Crippen molar-refractivity contribution >= 4 is 27.5 Å². The summed E-state index contributed by atoms with van der Waals surface area (Å²) in [5.41, 5.74) is 2.03. The molecule has 2 aliphatic rings. The molecule has 1 N–H and O–H groups in total. The quantitative estimate of drug-likeness (QED) is 0.272. The number of Topliss-reactive ketones (excluding diaryl/α,β-unsaturated/α-hetero) is 1. The van der Waals surface area contributed by atoms with Crippen LogP contribution in [0.25, 0.3) is 5.76 Å². The fourth-order valence-electron chi connectivity index (χ4n) is 5.29. The van der Waals surface area contributed by atoms with E-state index in [1.54, 1.807) is 0 Å². The molecule has 41 heavy (non-hydrogen) atoms. The molecule has 2 aliphatic heterocycles. The largest absolute Gasteiger partial charge is 0.507 e. The molecule has 1 atom stereocenters. The van der Waals surface area contributed by atoms with Crippen LogP contribution in [-0.2, 0) is 29.8 Å². The molecule has 0 aliphatic carbocycles. The summed E-state index contributed by atoms with van der Waals surface area (Å²) in [5.74, 6) is -1.74. The minimum absolute atomic E-state index is 0.00171. The first kappa shape index (κ1) is 30.9. The third kappa shape index (κ3) is 6.40. The van der Waals surface area contributed by atoms with Crippen molar-refractivity contribution in [1.29, 1.82) is 0 Å². The number of sulfonamides is 1. The second kappa shape index (κ2) is 12.4. The van der Waals surface area contributed by atoms with Gasteiger partial charge in [0.25, 0.3) is 11.7 Å². The lowest BCUT2D eigenvalue weighted by Gasteiger charge is -2.29. The summed E-state index contributed by atoms with van der Waals surface area (Å²) >= 11 is 0. The first-order valence-electron chi connectivity index (χ1n) is 14.2. The van der Waals surface area contributed by atoms with Crippen LogP contribution in [0.5, 0.6) is 0 Å². The van der Waals surface area contributed by atoms with E-state index in [4.69, 9.17) is 4.74 Å². The van der Waals surface area contributed by atoms with E-state index in [1.165, 1.54) is 33.5 Å². The fourth-order valence-corrected chi connectivity index (χ4v) is 6.70. The van der Waals surface area contributed by atoms with Gasteiger partial charge in [-0.05, 0) is 53.9 Å². The van der Waals surface area contributed by atoms with Crippen LogP contribution in [0.2, 0.25) is 0 Å². The number of morpholine rings is 1. The Kier molecular flexibility index (Phi) is 9.38. The standard InChI is InChI=1S/C31H41N3O6S/c1-6-32(7-2)16-17-34-27(22-8-12-24(13-9-22)31(3,4)5)26(29(36)30(34)37)28(35)23-10-14-25(15-11-23)41(38,39)33-18-20-40-21-19-33/h8-15,27,35H,6-7,16-21H2,1-5H3. The van der Waals surface area contributed by atoms with Gasteiger partial charge in [0.15, 0.2) is 0 Å². The predicted octanol–water partition coefficient (Wildman–Crippen LogP) is 3.77. The topological polar surface area (TPSA) is 107 Å². The normalized spacial score (nSPS) is 20.2. The molecule has 0 radical (unpaired) electrons. The Labute approximate surface area is 243 Å².